The average molecular weight is 423 g/mol. The van der Waals surface area contributed by atoms with Crippen LogP contribution in [-0.2, 0) is 11.3 Å². The van der Waals surface area contributed by atoms with E-state index in [1.165, 1.54) is 24.8 Å². The first kappa shape index (κ1) is 21.7. The van der Waals surface area contributed by atoms with Crippen molar-refractivity contribution in [3.05, 3.63) is 59.7 Å². The van der Waals surface area contributed by atoms with Crippen LogP contribution in [-0.4, -0.2) is 37.6 Å². The van der Waals surface area contributed by atoms with E-state index in [4.69, 9.17) is 9.47 Å². The van der Waals surface area contributed by atoms with E-state index in [2.05, 4.69) is 34.5 Å². The highest BCUT2D eigenvalue weighted by atomic mass is 16.5. The molecule has 1 heterocycles. The van der Waals surface area contributed by atoms with Gasteiger partial charge in [-0.2, -0.15) is 0 Å². The molecule has 2 aromatic rings. The molecule has 1 saturated carbocycles. The first-order valence-electron chi connectivity index (χ1n) is 11.5. The Hall–Kier alpha value is -2.53. The predicted molar refractivity (Wildman–Crippen MR) is 122 cm³/mol. The number of hydrogen-bond acceptors (Lipinski definition) is 4. The predicted octanol–water partition coefficient (Wildman–Crippen LogP) is 4.72. The van der Waals surface area contributed by atoms with Crippen molar-refractivity contribution in [1.82, 2.24) is 10.2 Å². The first-order chi connectivity index (χ1) is 15.2. The van der Waals surface area contributed by atoms with E-state index in [-0.39, 0.29) is 18.0 Å². The van der Waals surface area contributed by atoms with Crippen LogP contribution in [0.15, 0.2) is 48.5 Å². The van der Waals surface area contributed by atoms with Gasteiger partial charge in [-0.15, -0.1) is 0 Å². The Bertz CT molecular complexity index is 842. The maximum absolute atomic E-state index is 13.4. The number of methoxy groups -OCH3 is 2. The van der Waals surface area contributed by atoms with Crippen LogP contribution in [0.1, 0.15) is 55.7 Å². The molecular weight excluding hydrogens is 388 g/mol. The third-order valence-corrected chi connectivity index (χ3v) is 6.76. The van der Waals surface area contributed by atoms with Gasteiger partial charge in [0.2, 0.25) is 5.91 Å². The van der Waals surface area contributed by atoms with E-state index in [1.807, 2.05) is 24.3 Å². The fourth-order valence-corrected chi connectivity index (χ4v) is 5.12. The van der Waals surface area contributed by atoms with Gasteiger partial charge in [-0.25, -0.2) is 0 Å². The molecule has 31 heavy (non-hydrogen) atoms. The maximum Gasteiger partial charge on any atom is 0.226 e. The van der Waals surface area contributed by atoms with Crippen LogP contribution in [0.2, 0.25) is 0 Å². The molecule has 5 heteroatoms. The van der Waals surface area contributed by atoms with Gasteiger partial charge in [0.1, 0.15) is 11.5 Å². The molecule has 1 N–H and O–H groups in total. The van der Waals surface area contributed by atoms with E-state index >= 15 is 0 Å². The lowest BCUT2D eigenvalue weighted by Crippen LogP contribution is -2.41. The Morgan fingerprint density at radius 1 is 0.968 bits per heavy atom. The van der Waals surface area contributed by atoms with Crippen LogP contribution in [0.4, 0.5) is 0 Å². The molecule has 1 saturated heterocycles. The summed E-state index contributed by atoms with van der Waals surface area (Å²) in [5.41, 5.74) is 2.32. The summed E-state index contributed by atoms with van der Waals surface area (Å²) in [5.74, 6) is 2.12. The van der Waals surface area contributed by atoms with Crippen LogP contribution in [0.3, 0.4) is 0 Å². The lowest BCUT2D eigenvalue weighted by atomic mass is 9.87. The average Bonchev–Trinajstić information content (AvgIpc) is 3.27. The van der Waals surface area contributed by atoms with E-state index in [1.54, 1.807) is 14.2 Å². The Morgan fingerprint density at radius 2 is 1.65 bits per heavy atom. The lowest BCUT2D eigenvalue weighted by Gasteiger charge is -2.33. The highest BCUT2D eigenvalue weighted by molar-refractivity contribution is 5.80. The van der Waals surface area contributed by atoms with Crippen molar-refractivity contribution in [2.45, 2.75) is 57.2 Å². The Morgan fingerprint density at radius 3 is 2.29 bits per heavy atom. The highest BCUT2D eigenvalue weighted by Gasteiger charge is 2.40. The van der Waals surface area contributed by atoms with Gasteiger partial charge in [0.05, 0.1) is 20.3 Å². The number of amides is 1. The molecule has 1 amide bonds. The van der Waals surface area contributed by atoms with Gasteiger partial charge in [0.25, 0.3) is 0 Å². The molecule has 1 aliphatic heterocycles. The molecule has 4 rings (SSSR count). The quantitative estimate of drug-likeness (QED) is 0.702. The van der Waals surface area contributed by atoms with Crippen molar-refractivity contribution < 1.29 is 14.3 Å². The Labute approximate surface area is 185 Å². The highest BCUT2D eigenvalue weighted by Crippen LogP contribution is 2.36. The SMILES string of the molecule is COc1cc(CNC2CCN(C(=O)C3CCCCC3)C2c2ccccc2)cc(OC)c1. The minimum atomic E-state index is 0.0723. The van der Waals surface area contributed by atoms with Crippen molar-refractivity contribution in [3.63, 3.8) is 0 Å². The number of ether oxygens (including phenoxy) is 2. The summed E-state index contributed by atoms with van der Waals surface area (Å²) >= 11 is 0. The number of carbonyl (C=O) groups excluding carboxylic acids is 1. The zero-order chi connectivity index (χ0) is 21.6. The Kier molecular flexibility index (Phi) is 7.13. The third-order valence-electron chi connectivity index (χ3n) is 6.76. The van der Waals surface area contributed by atoms with Gasteiger partial charge in [0, 0.05) is 31.1 Å². The van der Waals surface area contributed by atoms with Gasteiger partial charge in [-0.05, 0) is 42.5 Å². The topological polar surface area (TPSA) is 50.8 Å². The van der Waals surface area contributed by atoms with Crippen LogP contribution in [0, 0.1) is 5.92 Å². The standard InChI is InChI=1S/C26H34N2O3/c1-30-22-15-19(16-23(17-22)31-2)18-27-24-13-14-28(25(24)20-9-5-3-6-10-20)26(29)21-11-7-4-8-12-21/h3,5-6,9-10,15-17,21,24-25,27H,4,7-8,11-14,18H2,1-2H3. The van der Waals surface area contributed by atoms with E-state index < -0.39 is 0 Å². The summed E-state index contributed by atoms with van der Waals surface area (Å²) < 4.78 is 10.8. The number of likely N-dealkylation sites (tertiary alicyclic amines) is 1. The molecule has 0 spiro atoms. The fraction of sp³-hybridized carbons (Fsp3) is 0.500. The molecule has 1 aliphatic carbocycles. The molecule has 2 aliphatic rings. The maximum atomic E-state index is 13.4. The van der Waals surface area contributed by atoms with Crippen molar-refractivity contribution in [2.24, 2.45) is 5.92 Å². The Balaban J connectivity index is 1.52. The largest absolute Gasteiger partial charge is 0.497 e. The summed E-state index contributed by atoms with van der Waals surface area (Å²) in [6, 6.07) is 16.7. The molecule has 166 valence electrons. The number of carbonyl (C=O) groups is 1. The summed E-state index contributed by atoms with van der Waals surface area (Å²) in [4.78, 5) is 15.6. The molecule has 0 radical (unpaired) electrons. The van der Waals surface area contributed by atoms with Crippen LogP contribution in [0.5, 0.6) is 11.5 Å². The third kappa shape index (κ3) is 5.04. The zero-order valence-electron chi connectivity index (χ0n) is 18.7. The lowest BCUT2D eigenvalue weighted by molar-refractivity contribution is -0.137. The summed E-state index contributed by atoms with van der Waals surface area (Å²) in [7, 11) is 3.34. The summed E-state index contributed by atoms with van der Waals surface area (Å²) in [5, 5.41) is 3.73. The molecule has 2 atom stereocenters. The minimum absolute atomic E-state index is 0.0723. The minimum Gasteiger partial charge on any atom is -0.497 e. The molecule has 2 aromatic carbocycles. The van der Waals surface area contributed by atoms with Crippen LogP contribution < -0.4 is 14.8 Å². The van der Waals surface area contributed by atoms with E-state index in [0.29, 0.717) is 12.5 Å². The number of nitrogens with one attached hydrogen (secondary N) is 1. The molecular formula is C26H34N2O3. The monoisotopic (exact) mass is 422 g/mol. The number of benzene rings is 2. The van der Waals surface area contributed by atoms with Crippen LogP contribution >= 0.6 is 0 Å². The van der Waals surface area contributed by atoms with Gasteiger partial charge in [0.15, 0.2) is 0 Å². The first-order valence-corrected chi connectivity index (χ1v) is 11.5. The van der Waals surface area contributed by atoms with Crippen molar-refractivity contribution in [2.75, 3.05) is 20.8 Å². The zero-order valence-corrected chi connectivity index (χ0v) is 18.7. The molecule has 5 nitrogen and oxygen atoms in total. The number of rotatable bonds is 7. The van der Waals surface area contributed by atoms with Gasteiger partial charge in [-0.1, -0.05) is 49.6 Å². The van der Waals surface area contributed by atoms with Gasteiger partial charge < -0.3 is 19.7 Å². The second kappa shape index (κ2) is 10.2. The second-order valence-electron chi connectivity index (χ2n) is 8.72. The van der Waals surface area contributed by atoms with E-state index in [0.717, 1.165) is 42.9 Å². The normalized spacial score (nSPS) is 21.8. The van der Waals surface area contributed by atoms with Gasteiger partial charge >= 0.3 is 0 Å². The number of hydrogen-bond donors (Lipinski definition) is 1. The molecule has 2 unspecified atom stereocenters. The molecule has 0 aromatic heterocycles. The smallest absolute Gasteiger partial charge is 0.226 e. The van der Waals surface area contributed by atoms with E-state index in [9.17, 15) is 4.79 Å². The van der Waals surface area contributed by atoms with Crippen molar-refractivity contribution >= 4 is 5.91 Å². The molecule has 2 fully saturated rings. The van der Waals surface area contributed by atoms with Crippen LogP contribution in [0.25, 0.3) is 0 Å². The number of nitrogens with zero attached hydrogens (tertiary/aromatic N) is 1. The van der Waals surface area contributed by atoms with Gasteiger partial charge in [-0.3, -0.25) is 4.79 Å². The summed E-state index contributed by atoms with van der Waals surface area (Å²) in [6.45, 7) is 1.51. The van der Waals surface area contributed by atoms with Crippen molar-refractivity contribution in [3.8, 4) is 11.5 Å². The van der Waals surface area contributed by atoms with Crippen molar-refractivity contribution in [1.29, 1.82) is 0 Å². The fourth-order valence-electron chi connectivity index (χ4n) is 5.12. The molecule has 0 bridgehead atoms. The summed E-state index contributed by atoms with van der Waals surface area (Å²) in [6.07, 6.45) is 6.66. The second-order valence-corrected chi connectivity index (χ2v) is 8.72.